The van der Waals surface area contributed by atoms with Crippen molar-refractivity contribution in [2.75, 3.05) is 16.8 Å². The second kappa shape index (κ2) is 8.91. The summed E-state index contributed by atoms with van der Waals surface area (Å²) in [7, 11) is 0. The molecule has 144 valence electrons. The van der Waals surface area contributed by atoms with E-state index in [9.17, 15) is 9.59 Å². The van der Waals surface area contributed by atoms with Crippen LogP contribution in [-0.4, -0.2) is 33.0 Å². The quantitative estimate of drug-likeness (QED) is 0.627. The maximum atomic E-state index is 12.3. The van der Waals surface area contributed by atoms with E-state index < -0.39 is 0 Å². The first-order valence-electron chi connectivity index (χ1n) is 8.38. The number of thiazole rings is 1. The first kappa shape index (κ1) is 19.9. The summed E-state index contributed by atoms with van der Waals surface area (Å²) >= 11 is 2.61. The molecule has 2 amide bonds. The summed E-state index contributed by atoms with van der Waals surface area (Å²) in [6.45, 7) is 4.08. The molecule has 28 heavy (non-hydrogen) atoms. The zero-order chi connectivity index (χ0) is 20.1. The molecule has 0 unspecified atom stereocenters. The number of nitrogens with zero attached hydrogens (tertiary/aromatic N) is 3. The number of terminal acetylenes is 1. The SMILES string of the molecule is C#CCn1c(=NC(=O)CSCC(=O)Nc2cc(C)on2)sc2cc(C)ccc21. The second-order valence-corrected chi connectivity index (χ2v) is 8.01. The van der Waals surface area contributed by atoms with Crippen LogP contribution in [0.25, 0.3) is 10.2 Å². The Hall–Kier alpha value is -2.83. The van der Waals surface area contributed by atoms with Crippen LogP contribution in [0.15, 0.2) is 33.8 Å². The average Bonchev–Trinajstić information content (AvgIpc) is 3.18. The molecule has 0 bridgehead atoms. The highest BCUT2D eigenvalue weighted by Crippen LogP contribution is 2.19. The summed E-state index contributed by atoms with van der Waals surface area (Å²) in [6, 6.07) is 7.64. The van der Waals surface area contributed by atoms with Crippen molar-refractivity contribution in [1.82, 2.24) is 9.72 Å². The maximum absolute atomic E-state index is 12.3. The van der Waals surface area contributed by atoms with Crippen molar-refractivity contribution in [1.29, 1.82) is 0 Å². The van der Waals surface area contributed by atoms with Gasteiger partial charge in [0.2, 0.25) is 5.91 Å². The molecule has 2 aromatic heterocycles. The molecule has 3 aromatic rings. The van der Waals surface area contributed by atoms with Crippen molar-refractivity contribution in [2.45, 2.75) is 20.4 Å². The first-order chi connectivity index (χ1) is 13.5. The van der Waals surface area contributed by atoms with E-state index in [0.29, 0.717) is 22.9 Å². The number of hydrogen-bond donors (Lipinski definition) is 1. The zero-order valence-corrected chi connectivity index (χ0v) is 17.0. The lowest BCUT2D eigenvalue weighted by Crippen LogP contribution is -2.18. The summed E-state index contributed by atoms with van der Waals surface area (Å²) in [5.41, 5.74) is 2.08. The molecule has 0 aliphatic carbocycles. The normalized spacial score (nSPS) is 11.5. The number of carbonyl (C=O) groups excluding carboxylic acids is 2. The third-order valence-electron chi connectivity index (χ3n) is 3.66. The van der Waals surface area contributed by atoms with Gasteiger partial charge < -0.3 is 14.4 Å². The molecule has 1 aromatic carbocycles. The monoisotopic (exact) mass is 414 g/mol. The van der Waals surface area contributed by atoms with Crippen LogP contribution in [0.1, 0.15) is 11.3 Å². The van der Waals surface area contributed by atoms with E-state index in [4.69, 9.17) is 10.9 Å². The molecular weight excluding hydrogens is 396 g/mol. The summed E-state index contributed by atoms with van der Waals surface area (Å²) in [6.07, 6.45) is 5.47. The van der Waals surface area contributed by atoms with Gasteiger partial charge in [-0.1, -0.05) is 28.5 Å². The molecule has 0 spiro atoms. The van der Waals surface area contributed by atoms with Crippen LogP contribution in [0.5, 0.6) is 0 Å². The predicted octanol–water partition coefficient (Wildman–Crippen LogP) is 2.74. The van der Waals surface area contributed by atoms with Gasteiger partial charge in [-0.2, -0.15) is 4.99 Å². The highest BCUT2D eigenvalue weighted by molar-refractivity contribution is 8.00. The van der Waals surface area contributed by atoms with Gasteiger partial charge in [0, 0.05) is 6.07 Å². The van der Waals surface area contributed by atoms with Crippen molar-refractivity contribution in [3.05, 3.63) is 40.4 Å². The third-order valence-corrected chi connectivity index (χ3v) is 5.62. The largest absolute Gasteiger partial charge is 0.360 e. The van der Waals surface area contributed by atoms with Gasteiger partial charge in [0.25, 0.3) is 5.91 Å². The third kappa shape index (κ3) is 4.91. The topological polar surface area (TPSA) is 89.5 Å². The zero-order valence-electron chi connectivity index (χ0n) is 15.4. The lowest BCUT2D eigenvalue weighted by Gasteiger charge is -2.01. The molecule has 0 aliphatic rings. The van der Waals surface area contributed by atoms with Crippen molar-refractivity contribution in [2.24, 2.45) is 4.99 Å². The Kier molecular flexibility index (Phi) is 6.34. The molecule has 7 nitrogen and oxygen atoms in total. The number of nitrogens with one attached hydrogen (secondary N) is 1. The molecule has 0 atom stereocenters. The van der Waals surface area contributed by atoms with Gasteiger partial charge in [-0.25, -0.2) is 0 Å². The second-order valence-electron chi connectivity index (χ2n) is 6.02. The summed E-state index contributed by atoms with van der Waals surface area (Å²) in [5, 5.41) is 6.29. The lowest BCUT2D eigenvalue weighted by molar-refractivity contribution is -0.115. The molecule has 0 saturated heterocycles. The van der Waals surface area contributed by atoms with Crippen molar-refractivity contribution < 1.29 is 14.1 Å². The molecular formula is C19H18N4O3S2. The van der Waals surface area contributed by atoms with Gasteiger partial charge in [0.05, 0.1) is 28.3 Å². The number of aromatic nitrogens is 2. The number of amides is 2. The van der Waals surface area contributed by atoms with Gasteiger partial charge in [0.1, 0.15) is 5.76 Å². The van der Waals surface area contributed by atoms with E-state index >= 15 is 0 Å². The molecule has 0 saturated carbocycles. The number of fused-ring (bicyclic) bond motifs is 1. The van der Waals surface area contributed by atoms with Crippen LogP contribution < -0.4 is 10.1 Å². The fourth-order valence-electron chi connectivity index (χ4n) is 2.48. The van der Waals surface area contributed by atoms with Crippen LogP contribution >= 0.6 is 23.1 Å². The number of aryl methyl sites for hydroxylation is 2. The number of carbonyl (C=O) groups is 2. The highest BCUT2D eigenvalue weighted by atomic mass is 32.2. The lowest BCUT2D eigenvalue weighted by atomic mass is 10.2. The molecule has 1 N–H and O–H groups in total. The van der Waals surface area contributed by atoms with E-state index in [1.807, 2.05) is 29.7 Å². The van der Waals surface area contributed by atoms with Crippen LogP contribution in [0, 0.1) is 26.2 Å². The molecule has 0 aliphatic heterocycles. The Labute approximate surface area is 169 Å². The van der Waals surface area contributed by atoms with Gasteiger partial charge in [0.15, 0.2) is 10.6 Å². The molecule has 0 fully saturated rings. The van der Waals surface area contributed by atoms with Crippen molar-refractivity contribution in [3.8, 4) is 12.3 Å². The standard InChI is InChI=1S/C19H18N4O3S2/c1-4-7-23-14-6-5-12(2)8-15(14)28-19(23)21-18(25)11-27-10-17(24)20-16-9-13(3)26-22-16/h1,5-6,8-9H,7,10-11H2,2-3H3,(H,20,22,24). The fourth-order valence-corrected chi connectivity index (χ4v) is 4.23. The van der Waals surface area contributed by atoms with Crippen molar-refractivity contribution in [3.63, 3.8) is 0 Å². The van der Waals surface area contributed by atoms with Gasteiger partial charge in [-0.3, -0.25) is 9.59 Å². The summed E-state index contributed by atoms with van der Waals surface area (Å²) in [4.78, 5) is 28.9. The van der Waals surface area contributed by atoms with Gasteiger partial charge in [-0.15, -0.1) is 18.2 Å². The number of hydrogen-bond acceptors (Lipinski definition) is 6. The predicted molar refractivity (Wildman–Crippen MR) is 111 cm³/mol. The van der Waals surface area contributed by atoms with Crippen LogP contribution in [0.4, 0.5) is 5.82 Å². The van der Waals surface area contributed by atoms with Gasteiger partial charge >= 0.3 is 0 Å². The van der Waals surface area contributed by atoms with E-state index in [-0.39, 0.29) is 23.3 Å². The summed E-state index contributed by atoms with van der Waals surface area (Å²) < 4.78 is 7.76. The molecule has 3 rings (SSSR count). The van der Waals surface area contributed by atoms with E-state index in [1.165, 1.54) is 23.1 Å². The Bertz CT molecular complexity index is 1130. The van der Waals surface area contributed by atoms with Crippen LogP contribution in [0.2, 0.25) is 0 Å². The number of thioether (sulfide) groups is 1. The van der Waals surface area contributed by atoms with E-state index in [2.05, 4.69) is 21.4 Å². The van der Waals surface area contributed by atoms with Gasteiger partial charge in [-0.05, 0) is 31.5 Å². The number of rotatable bonds is 6. The van der Waals surface area contributed by atoms with Crippen molar-refractivity contribution >= 4 is 50.9 Å². The smallest absolute Gasteiger partial charge is 0.258 e. The molecule has 0 radical (unpaired) electrons. The Balaban J connectivity index is 1.65. The average molecular weight is 415 g/mol. The Morgan fingerprint density at radius 1 is 1.36 bits per heavy atom. The van der Waals surface area contributed by atoms with Crippen LogP contribution in [-0.2, 0) is 16.1 Å². The Morgan fingerprint density at radius 2 is 2.18 bits per heavy atom. The first-order valence-corrected chi connectivity index (χ1v) is 10.4. The number of benzene rings is 1. The summed E-state index contributed by atoms with van der Waals surface area (Å²) in [5.74, 6) is 3.20. The number of anilines is 1. The minimum atomic E-state index is -0.316. The fraction of sp³-hybridized carbons (Fsp3) is 0.263. The highest BCUT2D eigenvalue weighted by Gasteiger charge is 2.10. The van der Waals surface area contributed by atoms with E-state index in [0.717, 1.165) is 15.8 Å². The molecule has 2 heterocycles. The molecule has 9 heteroatoms. The van der Waals surface area contributed by atoms with E-state index in [1.54, 1.807) is 13.0 Å². The van der Waals surface area contributed by atoms with Crippen LogP contribution in [0.3, 0.4) is 0 Å². The Morgan fingerprint density at radius 3 is 2.89 bits per heavy atom. The maximum Gasteiger partial charge on any atom is 0.258 e. The minimum absolute atomic E-state index is 0.0919. The minimum Gasteiger partial charge on any atom is -0.360 e.